The van der Waals surface area contributed by atoms with Gasteiger partial charge in [-0.1, -0.05) is 17.7 Å². The maximum Gasteiger partial charge on any atom is 0.243 e. The monoisotopic (exact) mass is 427 g/mol. The topological polar surface area (TPSA) is 69.7 Å². The lowest BCUT2D eigenvalue weighted by Gasteiger charge is -2.29. The summed E-state index contributed by atoms with van der Waals surface area (Å²) in [6.45, 7) is 4.42. The zero-order valence-corrected chi connectivity index (χ0v) is 18.2. The second-order valence-electron chi connectivity index (χ2n) is 8.17. The van der Waals surface area contributed by atoms with Gasteiger partial charge in [0, 0.05) is 31.0 Å². The van der Waals surface area contributed by atoms with Crippen LogP contribution in [0.25, 0.3) is 0 Å². The van der Waals surface area contributed by atoms with E-state index in [0.29, 0.717) is 25.1 Å². The molecule has 30 heavy (non-hydrogen) atoms. The molecule has 1 amide bonds. The molecule has 0 aliphatic carbocycles. The Labute approximate surface area is 178 Å². The van der Waals surface area contributed by atoms with Crippen LogP contribution in [0.2, 0.25) is 0 Å². The van der Waals surface area contributed by atoms with Crippen LogP contribution in [0, 0.1) is 6.92 Å². The Morgan fingerprint density at radius 2 is 1.57 bits per heavy atom. The standard InChI is InChI=1S/C23H29N3O3S/c1-18-7-13-21(14-8-18)30(28,29)26-17-5-6-22(26)23(27)24-19-9-11-20(12-10-19)25-15-3-2-4-16-25/h7-14,22H,2-6,15-17H2,1H3,(H,24,27)/t22-/m1/s1. The van der Waals surface area contributed by atoms with E-state index in [1.807, 2.05) is 31.2 Å². The Bertz CT molecular complexity index is 981. The summed E-state index contributed by atoms with van der Waals surface area (Å²) in [5.41, 5.74) is 2.86. The number of rotatable bonds is 5. The van der Waals surface area contributed by atoms with Crippen molar-refractivity contribution < 1.29 is 13.2 Å². The van der Waals surface area contributed by atoms with Gasteiger partial charge in [0.1, 0.15) is 6.04 Å². The highest BCUT2D eigenvalue weighted by molar-refractivity contribution is 7.89. The Morgan fingerprint density at radius 1 is 0.900 bits per heavy atom. The van der Waals surface area contributed by atoms with Gasteiger partial charge in [0.05, 0.1) is 4.90 Å². The lowest BCUT2D eigenvalue weighted by atomic mass is 10.1. The van der Waals surface area contributed by atoms with E-state index in [0.717, 1.165) is 24.3 Å². The van der Waals surface area contributed by atoms with Crippen LogP contribution in [0.4, 0.5) is 11.4 Å². The first-order valence-corrected chi connectivity index (χ1v) is 12.1. The summed E-state index contributed by atoms with van der Waals surface area (Å²) < 4.78 is 27.5. The molecule has 2 aliphatic heterocycles. The van der Waals surface area contributed by atoms with E-state index >= 15 is 0 Å². The zero-order valence-electron chi connectivity index (χ0n) is 17.4. The van der Waals surface area contributed by atoms with Crippen LogP contribution in [0.5, 0.6) is 0 Å². The Kier molecular flexibility index (Phi) is 6.11. The van der Waals surface area contributed by atoms with E-state index in [1.165, 1.54) is 23.6 Å². The van der Waals surface area contributed by atoms with Crippen molar-refractivity contribution in [3.63, 3.8) is 0 Å². The predicted octanol–water partition coefficient (Wildman–Crippen LogP) is 3.78. The summed E-state index contributed by atoms with van der Waals surface area (Å²) in [4.78, 5) is 15.5. The number of hydrogen-bond acceptors (Lipinski definition) is 4. The summed E-state index contributed by atoms with van der Waals surface area (Å²) in [5, 5.41) is 2.91. The van der Waals surface area contributed by atoms with Gasteiger partial charge < -0.3 is 10.2 Å². The summed E-state index contributed by atoms with van der Waals surface area (Å²) in [6, 6.07) is 13.9. The van der Waals surface area contributed by atoms with Gasteiger partial charge in [-0.3, -0.25) is 4.79 Å². The van der Waals surface area contributed by atoms with Gasteiger partial charge in [-0.05, 0) is 75.4 Å². The molecule has 160 valence electrons. The summed E-state index contributed by atoms with van der Waals surface area (Å²) in [7, 11) is -3.70. The third kappa shape index (κ3) is 4.37. The molecular formula is C23H29N3O3S. The molecule has 0 bridgehead atoms. The average molecular weight is 428 g/mol. The van der Waals surface area contributed by atoms with Gasteiger partial charge in [-0.15, -0.1) is 0 Å². The van der Waals surface area contributed by atoms with E-state index in [-0.39, 0.29) is 10.8 Å². The highest BCUT2D eigenvalue weighted by Gasteiger charge is 2.39. The number of aryl methyl sites for hydroxylation is 1. The first kappa shape index (κ1) is 20.9. The second-order valence-corrected chi connectivity index (χ2v) is 10.1. The minimum absolute atomic E-state index is 0.235. The van der Waals surface area contributed by atoms with Crippen LogP contribution in [-0.2, 0) is 14.8 Å². The second kappa shape index (κ2) is 8.78. The molecule has 2 fully saturated rings. The number of anilines is 2. The van der Waals surface area contributed by atoms with Crippen LogP contribution in [0.1, 0.15) is 37.7 Å². The number of carbonyl (C=O) groups excluding carboxylic acids is 1. The van der Waals surface area contributed by atoms with Crippen molar-refractivity contribution >= 4 is 27.3 Å². The van der Waals surface area contributed by atoms with Gasteiger partial charge in [0.25, 0.3) is 0 Å². The van der Waals surface area contributed by atoms with Crippen molar-refractivity contribution in [1.82, 2.24) is 4.31 Å². The number of nitrogens with zero attached hydrogens (tertiary/aromatic N) is 2. The largest absolute Gasteiger partial charge is 0.372 e. The van der Waals surface area contributed by atoms with Gasteiger partial charge in [0.15, 0.2) is 0 Å². The van der Waals surface area contributed by atoms with Crippen molar-refractivity contribution in [2.45, 2.75) is 50.0 Å². The van der Waals surface area contributed by atoms with Crippen molar-refractivity contribution in [2.75, 3.05) is 29.9 Å². The summed E-state index contributed by atoms with van der Waals surface area (Å²) in [5.74, 6) is -0.270. The maximum absolute atomic E-state index is 13.1. The van der Waals surface area contributed by atoms with Crippen LogP contribution < -0.4 is 10.2 Å². The molecule has 1 N–H and O–H groups in total. The highest BCUT2D eigenvalue weighted by atomic mass is 32.2. The summed E-state index contributed by atoms with van der Waals surface area (Å²) >= 11 is 0. The van der Waals surface area contributed by atoms with Gasteiger partial charge in [0.2, 0.25) is 15.9 Å². The number of piperidine rings is 1. The van der Waals surface area contributed by atoms with Gasteiger partial charge in [-0.25, -0.2) is 8.42 Å². The fraction of sp³-hybridized carbons (Fsp3) is 0.435. The maximum atomic E-state index is 13.1. The van der Waals surface area contributed by atoms with E-state index in [4.69, 9.17) is 0 Å². The molecule has 0 aromatic heterocycles. The SMILES string of the molecule is Cc1ccc(S(=O)(=O)N2CCC[C@@H]2C(=O)Nc2ccc(N3CCCCC3)cc2)cc1. The Hall–Kier alpha value is -2.38. The van der Waals surface area contributed by atoms with E-state index in [1.54, 1.807) is 24.3 Å². The Morgan fingerprint density at radius 3 is 2.23 bits per heavy atom. The minimum Gasteiger partial charge on any atom is -0.372 e. The molecule has 7 heteroatoms. The number of benzene rings is 2. The van der Waals surface area contributed by atoms with E-state index in [9.17, 15) is 13.2 Å². The molecule has 0 spiro atoms. The fourth-order valence-electron chi connectivity index (χ4n) is 4.27. The molecule has 0 unspecified atom stereocenters. The van der Waals surface area contributed by atoms with Gasteiger partial charge >= 0.3 is 0 Å². The number of hydrogen-bond donors (Lipinski definition) is 1. The lowest BCUT2D eigenvalue weighted by molar-refractivity contribution is -0.119. The van der Waals surface area contributed by atoms with E-state index < -0.39 is 16.1 Å². The number of amides is 1. The van der Waals surface area contributed by atoms with Crippen LogP contribution in [-0.4, -0.2) is 44.3 Å². The molecule has 6 nitrogen and oxygen atoms in total. The number of sulfonamides is 1. The predicted molar refractivity (Wildman–Crippen MR) is 119 cm³/mol. The Balaban J connectivity index is 1.45. The smallest absolute Gasteiger partial charge is 0.243 e. The molecule has 4 rings (SSSR count). The molecule has 2 heterocycles. The molecule has 2 aliphatic rings. The molecule has 0 saturated carbocycles. The first-order valence-electron chi connectivity index (χ1n) is 10.7. The third-order valence-corrected chi connectivity index (χ3v) is 7.91. The molecular weight excluding hydrogens is 398 g/mol. The zero-order chi connectivity index (χ0) is 21.1. The summed E-state index contributed by atoms with van der Waals surface area (Å²) in [6.07, 6.45) is 4.92. The van der Waals surface area contributed by atoms with Crippen molar-refractivity contribution in [3.05, 3.63) is 54.1 Å². The van der Waals surface area contributed by atoms with Crippen molar-refractivity contribution in [1.29, 1.82) is 0 Å². The highest BCUT2D eigenvalue weighted by Crippen LogP contribution is 2.28. The molecule has 2 aromatic rings. The van der Waals surface area contributed by atoms with Crippen LogP contribution >= 0.6 is 0 Å². The molecule has 2 saturated heterocycles. The fourth-order valence-corrected chi connectivity index (χ4v) is 5.93. The third-order valence-electron chi connectivity index (χ3n) is 5.99. The normalized spacial score (nSPS) is 20.3. The van der Waals surface area contributed by atoms with Crippen molar-refractivity contribution in [3.8, 4) is 0 Å². The van der Waals surface area contributed by atoms with Crippen LogP contribution in [0.3, 0.4) is 0 Å². The number of carbonyl (C=O) groups is 1. The first-order chi connectivity index (χ1) is 14.4. The lowest BCUT2D eigenvalue weighted by Crippen LogP contribution is -2.43. The molecule has 2 aromatic carbocycles. The van der Waals surface area contributed by atoms with Gasteiger partial charge in [-0.2, -0.15) is 4.31 Å². The molecule has 1 atom stereocenters. The number of nitrogens with one attached hydrogen (secondary N) is 1. The minimum atomic E-state index is -3.70. The quantitative estimate of drug-likeness (QED) is 0.788. The van der Waals surface area contributed by atoms with Crippen molar-refractivity contribution in [2.24, 2.45) is 0 Å². The molecule has 0 radical (unpaired) electrons. The van der Waals surface area contributed by atoms with E-state index in [2.05, 4.69) is 10.2 Å². The average Bonchev–Trinajstić information content (AvgIpc) is 3.26. The van der Waals surface area contributed by atoms with Crippen LogP contribution in [0.15, 0.2) is 53.4 Å².